The number of hydrogen-bond donors (Lipinski definition) is 1. The van der Waals surface area contributed by atoms with Crippen molar-refractivity contribution < 1.29 is 9.72 Å². The number of benzene rings is 2. The zero-order valence-corrected chi connectivity index (χ0v) is 13.8. The van der Waals surface area contributed by atoms with Gasteiger partial charge in [0.1, 0.15) is 0 Å². The maximum Gasteiger partial charge on any atom is 0.269 e. The summed E-state index contributed by atoms with van der Waals surface area (Å²) in [6, 6.07) is 12.1. The van der Waals surface area contributed by atoms with Crippen LogP contribution < -0.4 is 5.43 Å². The molecule has 6 heteroatoms. The van der Waals surface area contributed by atoms with Crippen LogP contribution in [0.4, 0.5) is 5.69 Å². The van der Waals surface area contributed by atoms with E-state index >= 15 is 0 Å². The fourth-order valence-electron chi connectivity index (χ4n) is 3.10. The quantitative estimate of drug-likeness (QED) is 0.517. The van der Waals surface area contributed by atoms with Crippen molar-refractivity contribution in [1.29, 1.82) is 0 Å². The second kappa shape index (κ2) is 7.70. The van der Waals surface area contributed by atoms with Crippen LogP contribution in [0.25, 0.3) is 0 Å². The summed E-state index contributed by atoms with van der Waals surface area (Å²) in [5.41, 5.74) is 6.96. The highest BCUT2D eigenvalue weighted by Crippen LogP contribution is 2.24. The first kappa shape index (κ1) is 16.8. The topological polar surface area (TPSA) is 84.6 Å². The summed E-state index contributed by atoms with van der Waals surface area (Å²) in [6.45, 7) is 0. The van der Waals surface area contributed by atoms with E-state index in [1.54, 1.807) is 12.1 Å². The zero-order chi connectivity index (χ0) is 17.6. The van der Waals surface area contributed by atoms with Gasteiger partial charge in [-0.25, -0.2) is 5.43 Å². The minimum absolute atomic E-state index is 0.0232. The number of carbonyl (C=O) groups is 1. The Balaban J connectivity index is 1.59. The number of amides is 1. The number of nitro benzene ring substituents is 1. The van der Waals surface area contributed by atoms with Crippen molar-refractivity contribution in [1.82, 2.24) is 5.43 Å². The molecule has 128 valence electrons. The third kappa shape index (κ3) is 4.29. The first-order chi connectivity index (χ1) is 12.1. The largest absolute Gasteiger partial charge is 0.273 e. The van der Waals surface area contributed by atoms with E-state index in [1.165, 1.54) is 42.3 Å². The van der Waals surface area contributed by atoms with Crippen molar-refractivity contribution in [2.75, 3.05) is 0 Å². The van der Waals surface area contributed by atoms with Gasteiger partial charge in [0.05, 0.1) is 17.6 Å². The lowest BCUT2D eigenvalue weighted by Crippen LogP contribution is -2.21. The number of nitro groups is 1. The van der Waals surface area contributed by atoms with E-state index in [0.717, 1.165) is 18.4 Å². The van der Waals surface area contributed by atoms with E-state index < -0.39 is 4.92 Å². The van der Waals surface area contributed by atoms with Crippen molar-refractivity contribution in [2.24, 2.45) is 5.10 Å². The molecule has 25 heavy (non-hydrogen) atoms. The molecule has 0 radical (unpaired) electrons. The molecule has 1 amide bonds. The number of carbonyl (C=O) groups excluding carboxylic acids is 1. The summed E-state index contributed by atoms with van der Waals surface area (Å²) in [5, 5.41) is 14.5. The molecular formula is C19H19N3O3. The lowest BCUT2D eigenvalue weighted by atomic mass is 9.87. The van der Waals surface area contributed by atoms with Gasteiger partial charge in [0.2, 0.25) is 5.91 Å². The molecule has 0 heterocycles. The fourth-order valence-corrected chi connectivity index (χ4v) is 3.10. The Morgan fingerprint density at radius 1 is 1.16 bits per heavy atom. The second-order valence-electron chi connectivity index (χ2n) is 6.08. The molecule has 0 aliphatic heterocycles. The van der Waals surface area contributed by atoms with Gasteiger partial charge in [-0.05, 0) is 60.1 Å². The molecule has 2 aromatic rings. The lowest BCUT2D eigenvalue weighted by Gasteiger charge is -2.18. The Morgan fingerprint density at radius 3 is 2.68 bits per heavy atom. The van der Waals surface area contributed by atoms with Crippen LogP contribution >= 0.6 is 0 Å². The Morgan fingerprint density at radius 2 is 1.92 bits per heavy atom. The van der Waals surface area contributed by atoms with Gasteiger partial charge in [0.25, 0.3) is 5.69 Å². The summed E-state index contributed by atoms with van der Waals surface area (Å²) in [5.74, 6) is -0.169. The van der Waals surface area contributed by atoms with Crippen LogP contribution in [0.3, 0.4) is 0 Å². The monoisotopic (exact) mass is 337 g/mol. The van der Waals surface area contributed by atoms with Crippen LogP contribution in [-0.2, 0) is 24.1 Å². The van der Waals surface area contributed by atoms with E-state index in [2.05, 4.69) is 16.6 Å². The van der Waals surface area contributed by atoms with Crippen molar-refractivity contribution in [2.45, 2.75) is 32.1 Å². The molecule has 0 unspecified atom stereocenters. The van der Waals surface area contributed by atoms with Crippen LogP contribution in [0, 0.1) is 10.1 Å². The summed E-state index contributed by atoms with van der Waals surface area (Å²) in [7, 11) is 0. The molecule has 0 fully saturated rings. The smallest absolute Gasteiger partial charge is 0.269 e. The molecule has 2 aromatic carbocycles. The predicted molar refractivity (Wildman–Crippen MR) is 95.6 cm³/mol. The van der Waals surface area contributed by atoms with E-state index in [-0.39, 0.29) is 11.6 Å². The molecule has 6 nitrogen and oxygen atoms in total. The second-order valence-corrected chi connectivity index (χ2v) is 6.08. The van der Waals surface area contributed by atoms with Gasteiger partial charge in [0.15, 0.2) is 0 Å². The number of fused-ring (bicyclic) bond motifs is 1. The molecule has 0 spiro atoms. The Bertz CT molecular complexity index is 813. The van der Waals surface area contributed by atoms with Crippen LogP contribution in [0.5, 0.6) is 0 Å². The average molecular weight is 337 g/mol. The summed E-state index contributed by atoms with van der Waals surface area (Å²) in [6.07, 6.45) is 6.28. The highest BCUT2D eigenvalue weighted by Gasteiger charge is 2.14. The number of nitrogens with zero attached hydrogens (tertiary/aromatic N) is 2. The van der Waals surface area contributed by atoms with Crippen molar-refractivity contribution in [3.63, 3.8) is 0 Å². The number of hydrazone groups is 1. The van der Waals surface area contributed by atoms with Crippen molar-refractivity contribution >= 4 is 17.8 Å². The zero-order valence-electron chi connectivity index (χ0n) is 13.8. The van der Waals surface area contributed by atoms with Gasteiger partial charge in [0, 0.05) is 12.1 Å². The average Bonchev–Trinajstić information content (AvgIpc) is 2.62. The Labute approximate surface area is 145 Å². The number of hydrogen-bond acceptors (Lipinski definition) is 4. The molecule has 0 saturated heterocycles. The van der Waals surface area contributed by atoms with Gasteiger partial charge >= 0.3 is 0 Å². The van der Waals surface area contributed by atoms with Crippen molar-refractivity contribution in [3.05, 3.63) is 74.8 Å². The van der Waals surface area contributed by atoms with E-state index in [4.69, 9.17) is 0 Å². The third-order valence-electron chi connectivity index (χ3n) is 4.35. The van der Waals surface area contributed by atoms with Crippen LogP contribution in [0.2, 0.25) is 0 Å². The third-order valence-corrected chi connectivity index (χ3v) is 4.35. The van der Waals surface area contributed by atoms with Gasteiger partial charge in [-0.1, -0.05) is 18.2 Å². The van der Waals surface area contributed by atoms with E-state index in [0.29, 0.717) is 12.0 Å². The molecule has 1 aliphatic carbocycles. The van der Waals surface area contributed by atoms with Crippen LogP contribution in [0.15, 0.2) is 47.6 Å². The van der Waals surface area contributed by atoms with Gasteiger partial charge in [-0.15, -0.1) is 0 Å². The number of rotatable bonds is 5. The van der Waals surface area contributed by atoms with Gasteiger partial charge < -0.3 is 0 Å². The molecular weight excluding hydrogens is 318 g/mol. The highest BCUT2D eigenvalue weighted by atomic mass is 16.6. The standard InChI is InChI=1S/C19H19N3O3/c23-19(12-16-6-3-5-15-4-1-2-7-18(15)16)21-20-13-14-8-10-17(11-9-14)22(24)25/h3,5-6,8-11,13H,1-2,4,7,12H2,(H,21,23)/b20-13+. The minimum Gasteiger partial charge on any atom is -0.273 e. The Hall–Kier alpha value is -3.02. The SMILES string of the molecule is O=C(Cc1cccc2c1CCCC2)N/N=C/c1ccc([N+](=O)[O-])cc1. The highest BCUT2D eigenvalue weighted by molar-refractivity contribution is 5.83. The fraction of sp³-hybridized carbons (Fsp3) is 0.263. The first-order valence-corrected chi connectivity index (χ1v) is 8.29. The predicted octanol–water partition coefficient (Wildman–Crippen LogP) is 3.17. The van der Waals surface area contributed by atoms with Crippen LogP contribution in [0.1, 0.15) is 35.1 Å². The normalized spacial score (nSPS) is 13.4. The van der Waals surface area contributed by atoms with Gasteiger partial charge in [-0.2, -0.15) is 5.10 Å². The summed E-state index contributed by atoms with van der Waals surface area (Å²) in [4.78, 5) is 22.3. The summed E-state index contributed by atoms with van der Waals surface area (Å²) < 4.78 is 0. The molecule has 3 rings (SSSR count). The van der Waals surface area contributed by atoms with Gasteiger partial charge in [-0.3, -0.25) is 14.9 Å². The molecule has 0 bridgehead atoms. The number of nitrogens with one attached hydrogen (secondary N) is 1. The maximum absolute atomic E-state index is 12.1. The molecule has 0 saturated carbocycles. The minimum atomic E-state index is -0.455. The molecule has 0 atom stereocenters. The lowest BCUT2D eigenvalue weighted by molar-refractivity contribution is -0.384. The van der Waals surface area contributed by atoms with E-state index in [9.17, 15) is 14.9 Å². The number of non-ortho nitro benzene ring substituents is 1. The number of aryl methyl sites for hydroxylation is 1. The maximum atomic E-state index is 12.1. The van der Waals surface area contributed by atoms with E-state index in [1.807, 2.05) is 12.1 Å². The molecule has 1 aliphatic rings. The Kier molecular flexibility index (Phi) is 5.18. The summed E-state index contributed by atoms with van der Waals surface area (Å²) >= 11 is 0. The molecule has 1 N–H and O–H groups in total. The van der Waals surface area contributed by atoms with Crippen molar-refractivity contribution in [3.8, 4) is 0 Å². The molecule has 0 aromatic heterocycles. The van der Waals surface area contributed by atoms with Crippen LogP contribution in [-0.4, -0.2) is 17.0 Å². The first-order valence-electron chi connectivity index (χ1n) is 8.29.